The Labute approximate surface area is 86.8 Å². The van der Waals surface area contributed by atoms with Crippen LogP contribution in [0.5, 0.6) is 0 Å². The van der Waals surface area contributed by atoms with Gasteiger partial charge in [-0.3, -0.25) is 0 Å². The number of hydrogen-bond acceptors (Lipinski definition) is 0. The SMILES string of the molecule is [Mo].[NH4+].[NH4+].[S-2].[S-2].[S-2].[S-2]. The molecule has 7 heavy (non-hydrogen) atoms. The first kappa shape index (κ1) is 143. The van der Waals surface area contributed by atoms with Crippen molar-refractivity contribution in [2.45, 2.75) is 0 Å². The van der Waals surface area contributed by atoms with Crippen molar-refractivity contribution in [3.8, 4) is 0 Å². The topological polar surface area (TPSA) is 73.0 Å². The molecule has 0 rings (SSSR count). The molecule has 0 radical (unpaired) electrons. The zero-order chi connectivity index (χ0) is 0. The van der Waals surface area contributed by atoms with Crippen LogP contribution in [0.3, 0.4) is 0 Å². The van der Waals surface area contributed by atoms with Gasteiger partial charge < -0.3 is 66.3 Å². The molecule has 0 unspecified atom stereocenters. The summed E-state index contributed by atoms with van der Waals surface area (Å²) in [5, 5.41) is 0. The summed E-state index contributed by atoms with van der Waals surface area (Å²) in [7, 11) is 0. The summed E-state index contributed by atoms with van der Waals surface area (Å²) in [5.74, 6) is 0. The van der Waals surface area contributed by atoms with Crippen molar-refractivity contribution in [3.63, 3.8) is 0 Å². The predicted octanol–water partition coefficient (Wildman–Crippen LogP) is 0.740. The fraction of sp³-hybridized carbons (Fsp3) is 0. The van der Waals surface area contributed by atoms with Gasteiger partial charge in [0.1, 0.15) is 0 Å². The number of hydrogen-bond donors (Lipinski definition) is 2. The summed E-state index contributed by atoms with van der Waals surface area (Å²) >= 11 is 0. The van der Waals surface area contributed by atoms with Gasteiger partial charge in [0.2, 0.25) is 0 Å². The van der Waals surface area contributed by atoms with Crippen molar-refractivity contribution in [2.24, 2.45) is 0 Å². The van der Waals surface area contributed by atoms with Gasteiger partial charge in [0, 0.05) is 21.1 Å². The Hall–Kier alpha value is 2.01. The van der Waals surface area contributed by atoms with Crippen molar-refractivity contribution in [1.29, 1.82) is 0 Å². The van der Waals surface area contributed by atoms with E-state index in [2.05, 4.69) is 0 Å². The van der Waals surface area contributed by atoms with Crippen LogP contribution in [0.1, 0.15) is 0 Å². The Morgan fingerprint density at radius 1 is 0.429 bits per heavy atom. The molecule has 0 bridgehead atoms. The van der Waals surface area contributed by atoms with Crippen LogP contribution in [-0.4, -0.2) is 0 Å². The van der Waals surface area contributed by atoms with Crippen LogP contribution in [0.4, 0.5) is 0 Å². The third-order valence-electron chi connectivity index (χ3n) is 0. The van der Waals surface area contributed by atoms with Crippen LogP contribution in [0.25, 0.3) is 0 Å². The largest absolute Gasteiger partial charge is 2.00 e. The zero-order valence-corrected chi connectivity index (χ0v) is 9.31. The van der Waals surface area contributed by atoms with Gasteiger partial charge >= 0.3 is 0 Å². The molecule has 0 aromatic carbocycles. The number of rotatable bonds is 0. The van der Waals surface area contributed by atoms with E-state index in [4.69, 9.17) is 0 Å². The van der Waals surface area contributed by atoms with Gasteiger partial charge in [-0.1, -0.05) is 0 Å². The molecule has 0 aromatic rings. The fourth-order valence-corrected chi connectivity index (χ4v) is 0. The molecule has 0 saturated carbocycles. The summed E-state index contributed by atoms with van der Waals surface area (Å²) in [5.41, 5.74) is 0. The first-order valence-electron chi connectivity index (χ1n) is 0. The summed E-state index contributed by atoms with van der Waals surface area (Å²) in [6, 6.07) is 0. The van der Waals surface area contributed by atoms with Crippen LogP contribution in [-0.2, 0) is 75.0 Å². The van der Waals surface area contributed by atoms with Gasteiger partial charge in [0.25, 0.3) is 0 Å². The minimum Gasteiger partial charge on any atom is -2.00 e. The van der Waals surface area contributed by atoms with Crippen LogP contribution in [0, 0.1) is 0 Å². The molecule has 0 fully saturated rings. The van der Waals surface area contributed by atoms with Crippen LogP contribution in [0.15, 0.2) is 0 Å². The molecule has 7 heteroatoms. The molecule has 0 aliphatic carbocycles. The second-order valence-corrected chi connectivity index (χ2v) is 0. The van der Waals surface area contributed by atoms with E-state index in [-0.39, 0.29) is 87.3 Å². The van der Waals surface area contributed by atoms with Gasteiger partial charge in [-0.05, 0) is 0 Å². The third kappa shape index (κ3) is 71.7. The standard InChI is InChI=1S/Mo.2H3N.4S/h;2*1H3;;;;/q;;;4*-2/p+2. The monoisotopic (exact) mass is 262 g/mol. The van der Waals surface area contributed by atoms with E-state index in [1.54, 1.807) is 0 Å². The van der Waals surface area contributed by atoms with Gasteiger partial charge in [-0.15, -0.1) is 0 Å². The Morgan fingerprint density at radius 3 is 0.429 bits per heavy atom. The number of quaternary nitrogens is 2. The normalized spacial score (nSPS) is 0. The Balaban J connectivity index is 0. The van der Waals surface area contributed by atoms with E-state index >= 15 is 0 Å². The molecule has 0 aliphatic heterocycles. The van der Waals surface area contributed by atoms with Gasteiger partial charge in [0.15, 0.2) is 0 Å². The van der Waals surface area contributed by atoms with Crippen molar-refractivity contribution in [3.05, 3.63) is 0 Å². The second kappa shape index (κ2) is 97.5. The Bertz CT molecular complexity index is 9.65. The van der Waals surface area contributed by atoms with Crippen LogP contribution in [0.2, 0.25) is 0 Å². The Kier molecular flexibility index (Phi) is 2000. The molecule has 8 N–H and O–H groups in total. The van der Waals surface area contributed by atoms with Gasteiger partial charge in [-0.2, -0.15) is 0 Å². The van der Waals surface area contributed by atoms with Crippen LogP contribution >= 0.6 is 0 Å². The molecular weight excluding hydrogens is 252 g/mol. The molecular formula is H8MoN2S4-6. The molecule has 0 aromatic heterocycles. The Morgan fingerprint density at radius 2 is 0.429 bits per heavy atom. The van der Waals surface area contributed by atoms with E-state index in [0.29, 0.717) is 0 Å². The summed E-state index contributed by atoms with van der Waals surface area (Å²) in [4.78, 5) is 0. The zero-order valence-electron chi connectivity index (χ0n) is 4.04. The summed E-state index contributed by atoms with van der Waals surface area (Å²) in [6.07, 6.45) is 0. The molecule has 2 nitrogen and oxygen atoms in total. The first-order chi connectivity index (χ1) is 0. The smallest absolute Gasteiger partial charge is 0 e. The van der Waals surface area contributed by atoms with Crippen molar-refractivity contribution < 1.29 is 21.1 Å². The molecule has 0 amide bonds. The molecule has 0 spiro atoms. The average molecular weight is 260 g/mol. The van der Waals surface area contributed by atoms with E-state index in [9.17, 15) is 0 Å². The molecule has 54 valence electrons. The molecule has 0 atom stereocenters. The maximum atomic E-state index is 0. The van der Waals surface area contributed by atoms with Crippen LogP contribution < -0.4 is 12.3 Å². The van der Waals surface area contributed by atoms with Crippen molar-refractivity contribution in [2.75, 3.05) is 0 Å². The minimum absolute atomic E-state index is 0. The third-order valence-corrected chi connectivity index (χ3v) is 0. The quantitative estimate of drug-likeness (QED) is 0.603. The molecule has 0 saturated heterocycles. The first-order valence-corrected chi connectivity index (χ1v) is 0. The molecule has 0 heterocycles. The minimum atomic E-state index is 0. The van der Waals surface area contributed by atoms with Gasteiger partial charge in [-0.25, -0.2) is 0 Å². The second-order valence-electron chi connectivity index (χ2n) is 0. The fourth-order valence-electron chi connectivity index (χ4n) is 0. The maximum Gasteiger partial charge on any atom is 0 e. The maximum absolute atomic E-state index is 0. The van der Waals surface area contributed by atoms with E-state index in [1.165, 1.54) is 0 Å². The van der Waals surface area contributed by atoms with Crippen molar-refractivity contribution in [1.82, 2.24) is 12.3 Å². The van der Waals surface area contributed by atoms with E-state index in [0.717, 1.165) is 0 Å². The van der Waals surface area contributed by atoms with E-state index < -0.39 is 0 Å². The van der Waals surface area contributed by atoms with Crippen molar-refractivity contribution >= 4 is 54.0 Å². The summed E-state index contributed by atoms with van der Waals surface area (Å²) < 4.78 is 0. The van der Waals surface area contributed by atoms with Gasteiger partial charge in [0.05, 0.1) is 0 Å². The molecule has 0 aliphatic rings. The predicted molar refractivity (Wildman–Crippen MR) is 41.4 cm³/mol. The van der Waals surface area contributed by atoms with E-state index in [1.807, 2.05) is 0 Å². The average Bonchev–Trinajstić information content (AvgIpc) is 0. The summed E-state index contributed by atoms with van der Waals surface area (Å²) in [6.45, 7) is 0.